The molecule has 6 heteroatoms. The van der Waals surface area contributed by atoms with Crippen LogP contribution >= 0.6 is 11.6 Å². The number of halogens is 1. The minimum Gasteiger partial charge on any atom is -0.452 e. The van der Waals surface area contributed by atoms with E-state index in [4.69, 9.17) is 16.3 Å². The van der Waals surface area contributed by atoms with Crippen LogP contribution in [-0.2, 0) is 9.53 Å². The zero-order valence-electron chi connectivity index (χ0n) is 11.9. The van der Waals surface area contributed by atoms with Gasteiger partial charge in [-0.3, -0.25) is 4.79 Å². The van der Waals surface area contributed by atoms with Gasteiger partial charge >= 0.3 is 5.97 Å². The molecule has 0 atom stereocenters. The molecule has 0 aliphatic heterocycles. The minimum atomic E-state index is -0.570. The minimum absolute atomic E-state index is 0.371. The van der Waals surface area contributed by atoms with Crippen LogP contribution in [0.5, 0.6) is 0 Å². The van der Waals surface area contributed by atoms with E-state index in [1.807, 2.05) is 0 Å². The molecule has 0 spiro atoms. The Morgan fingerprint density at radius 1 is 1.05 bits per heavy atom. The van der Waals surface area contributed by atoms with Gasteiger partial charge in [0.15, 0.2) is 6.61 Å². The number of carbonyl (C=O) groups excluding carboxylic acids is 2. The molecule has 0 fully saturated rings. The van der Waals surface area contributed by atoms with Crippen molar-refractivity contribution >= 4 is 34.9 Å². The molecule has 2 aromatic rings. The number of ether oxygens (including phenoxy) is 1. The Kier molecular flexibility index (Phi) is 5.38. The lowest BCUT2D eigenvalue weighted by Gasteiger charge is -2.10. The summed E-state index contributed by atoms with van der Waals surface area (Å²) in [6, 6.07) is 13.7. The van der Waals surface area contributed by atoms with Crippen molar-refractivity contribution in [1.29, 1.82) is 0 Å². The van der Waals surface area contributed by atoms with Gasteiger partial charge in [-0.25, -0.2) is 4.79 Å². The number of anilines is 2. The molecule has 2 N–H and O–H groups in total. The van der Waals surface area contributed by atoms with E-state index in [1.165, 1.54) is 0 Å². The third-order valence-electron chi connectivity index (χ3n) is 2.90. The molecule has 0 bridgehead atoms. The lowest BCUT2D eigenvalue weighted by atomic mass is 10.2. The maximum absolute atomic E-state index is 12.0. The van der Waals surface area contributed by atoms with Gasteiger partial charge in [0.1, 0.15) is 0 Å². The van der Waals surface area contributed by atoms with E-state index in [9.17, 15) is 9.59 Å². The summed E-state index contributed by atoms with van der Waals surface area (Å²) in [6.07, 6.45) is 0. The molecular formula is C16H15ClN2O3. The number of nitrogens with one attached hydrogen (secondary N) is 2. The van der Waals surface area contributed by atoms with Crippen molar-refractivity contribution in [2.75, 3.05) is 24.3 Å². The topological polar surface area (TPSA) is 67.4 Å². The highest BCUT2D eigenvalue weighted by atomic mass is 35.5. The maximum atomic E-state index is 12.0. The van der Waals surface area contributed by atoms with E-state index in [0.717, 1.165) is 0 Å². The lowest BCUT2D eigenvalue weighted by molar-refractivity contribution is -0.119. The molecular weight excluding hydrogens is 304 g/mol. The van der Waals surface area contributed by atoms with Crippen molar-refractivity contribution in [2.45, 2.75) is 0 Å². The van der Waals surface area contributed by atoms with Crippen LogP contribution in [0.1, 0.15) is 10.4 Å². The van der Waals surface area contributed by atoms with E-state index in [1.54, 1.807) is 55.6 Å². The van der Waals surface area contributed by atoms with E-state index in [2.05, 4.69) is 10.6 Å². The van der Waals surface area contributed by atoms with Gasteiger partial charge in [-0.2, -0.15) is 0 Å². The number of para-hydroxylation sites is 2. The predicted octanol–water partition coefficient (Wildman–Crippen LogP) is 3.18. The molecule has 0 aliphatic carbocycles. The molecule has 0 unspecified atom stereocenters. The fourth-order valence-electron chi connectivity index (χ4n) is 1.84. The van der Waals surface area contributed by atoms with Gasteiger partial charge in [-0.05, 0) is 24.3 Å². The molecule has 0 saturated carbocycles. The van der Waals surface area contributed by atoms with Crippen LogP contribution in [0.4, 0.5) is 11.4 Å². The van der Waals surface area contributed by atoms with E-state index < -0.39 is 11.9 Å². The Hall–Kier alpha value is -2.53. The van der Waals surface area contributed by atoms with Crippen LogP contribution in [0.2, 0.25) is 5.02 Å². The first kappa shape index (κ1) is 15.9. The Bertz CT molecular complexity index is 689. The molecule has 5 nitrogen and oxygen atoms in total. The van der Waals surface area contributed by atoms with Gasteiger partial charge in [0.25, 0.3) is 5.91 Å². The maximum Gasteiger partial charge on any atom is 0.340 e. The van der Waals surface area contributed by atoms with Crippen molar-refractivity contribution in [3.63, 3.8) is 0 Å². The van der Waals surface area contributed by atoms with Gasteiger partial charge < -0.3 is 15.4 Å². The summed E-state index contributed by atoms with van der Waals surface area (Å²) in [7, 11) is 1.70. The second-order valence-corrected chi connectivity index (χ2v) is 4.81. The highest BCUT2D eigenvalue weighted by Crippen LogP contribution is 2.20. The lowest BCUT2D eigenvalue weighted by Crippen LogP contribution is -2.21. The predicted molar refractivity (Wildman–Crippen MR) is 86.4 cm³/mol. The third kappa shape index (κ3) is 3.99. The van der Waals surface area contributed by atoms with Crippen LogP contribution in [0.15, 0.2) is 48.5 Å². The van der Waals surface area contributed by atoms with Crippen molar-refractivity contribution in [1.82, 2.24) is 0 Å². The molecule has 0 aromatic heterocycles. The fourth-order valence-corrected chi connectivity index (χ4v) is 2.02. The average molecular weight is 319 g/mol. The number of rotatable bonds is 5. The molecule has 22 heavy (non-hydrogen) atoms. The SMILES string of the molecule is CNc1ccccc1C(=O)OCC(=O)Nc1ccccc1Cl. The highest BCUT2D eigenvalue weighted by molar-refractivity contribution is 6.33. The summed E-state index contributed by atoms with van der Waals surface area (Å²) >= 11 is 5.94. The van der Waals surface area contributed by atoms with Gasteiger partial charge in [0.2, 0.25) is 0 Å². The molecule has 1 amide bonds. The number of amides is 1. The summed E-state index contributed by atoms with van der Waals surface area (Å²) in [6.45, 7) is -0.387. The number of esters is 1. The van der Waals surface area contributed by atoms with Crippen LogP contribution in [0.25, 0.3) is 0 Å². The first-order chi connectivity index (χ1) is 10.6. The summed E-state index contributed by atoms with van der Waals surface area (Å²) in [4.78, 5) is 23.8. The third-order valence-corrected chi connectivity index (χ3v) is 3.23. The summed E-state index contributed by atoms with van der Waals surface area (Å²) in [5, 5.41) is 5.89. The van der Waals surface area contributed by atoms with Crippen molar-refractivity contribution in [3.05, 3.63) is 59.1 Å². The number of carbonyl (C=O) groups is 2. The van der Waals surface area contributed by atoms with Crippen molar-refractivity contribution in [2.24, 2.45) is 0 Å². The zero-order chi connectivity index (χ0) is 15.9. The van der Waals surface area contributed by atoms with Crippen molar-refractivity contribution in [3.8, 4) is 0 Å². The van der Waals surface area contributed by atoms with Crippen LogP contribution in [-0.4, -0.2) is 25.5 Å². The highest BCUT2D eigenvalue weighted by Gasteiger charge is 2.14. The van der Waals surface area contributed by atoms with Gasteiger partial charge in [-0.1, -0.05) is 35.9 Å². The molecule has 2 aromatic carbocycles. The first-order valence-electron chi connectivity index (χ1n) is 6.60. The standard InChI is InChI=1S/C16H15ClN2O3/c1-18-13-8-4-2-6-11(13)16(21)22-10-15(20)19-14-9-5-3-7-12(14)17/h2-9,18H,10H2,1H3,(H,19,20). The summed E-state index contributed by atoms with van der Waals surface area (Å²) in [5.74, 6) is -1.03. The Morgan fingerprint density at radius 3 is 2.36 bits per heavy atom. The normalized spacial score (nSPS) is 9.91. The zero-order valence-corrected chi connectivity index (χ0v) is 12.7. The smallest absolute Gasteiger partial charge is 0.340 e. The monoisotopic (exact) mass is 318 g/mol. The van der Waals surface area contributed by atoms with Gasteiger partial charge in [-0.15, -0.1) is 0 Å². The quantitative estimate of drug-likeness (QED) is 0.831. The first-order valence-corrected chi connectivity index (χ1v) is 6.98. The van der Waals surface area contributed by atoms with E-state index in [-0.39, 0.29) is 6.61 Å². The molecule has 0 radical (unpaired) electrons. The number of benzene rings is 2. The molecule has 0 aliphatic rings. The number of hydrogen-bond acceptors (Lipinski definition) is 4. The molecule has 0 saturated heterocycles. The van der Waals surface area contributed by atoms with Crippen LogP contribution in [0, 0.1) is 0 Å². The van der Waals surface area contributed by atoms with Crippen LogP contribution in [0.3, 0.4) is 0 Å². The molecule has 2 rings (SSSR count). The second kappa shape index (κ2) is 7.47. The van der Waals surface area contributed by atoms with Crippen molar-refractivity contribution < 1.29 is 14.3 Å². The Morgan fingerprint density at radius 2 is 1.68 bits per heavy atom. The van der Waals surface area contributed by atoms with Gasteiger partial charge in [0, 0.05) is 12.7 Å². The molecule has 0 heterocycles. The van der Waals surface area contributed by atoms with Gasteiger partial charge in [0.05, 0.1) is 16.3 Å². The summed E-state index contributed by atoms with van der Waals surface area (Å²) < 4.78 is 5.01. The largest absolute Gasteiger partial charge is 0.452 e. The van der Waals surface area contributed by atoms with E-state index >= 15 is 0 Å². The average Bonchev–Trinajstić information content (AvgIpc) is 2.54. The van der Waals surface area contributed by atoms with E-state index in [0.29, 0.717) is 22.0 Å². The molecule has 114 valence electrons. The Labute approximate surface area is 133 Å². The van der Waals surface area contributed by atoms with Crippen LogP contribution < -0.4 is 10.6 Å². The second-order valence-electron chi connectivity index (χ2n) is 4.40. The number of hydrogen-bond donors (Lipinski definition) is 2. The Balaban J connectivity index is 1.94. The fraction of sp³-hybridized carbons (Fsp3) is 0.125. The summed E-state index contributed by atoms with van der Waals surface area (Å²) in [5.41, 5.74) is 1.48.